The maximum Gasteiger partial charge on any atom is 0.260 e. The monoisotopic (exact) mass is 341 g/mol. The highest BCUT2D eigenvalue weighted by atomic mass is 16.5. The molecule has 2 heterocycles. The first-order valence-corrected chi connectivity index (χ1v) is 8.85. The number of carbonyl (C=O) groups excluding carboxylic acids is 1. The zero-order valence-electron chi connectivity index (χ0n) is 15.6. The summed E-state index contributed by atoms with van der Waals surface area (Å²) in [7, 11) is 1.96. The molecular formula is C20H27N3O2. The predicted octanol–water partition coefficient (Wildman–Crippen LogP) is 3.07. The van der Waals surface area contributed by atoms with Crippen LogP contribution in [0, 0.1) is 0 Å². The summed E-state index contributed by atoms with van der Waals surface area (Å²) in [6.07, 6.45) is 3.79. The SMILES string of the molecule is Cn1ncc2c1CCCN(C(=O)COc1ccc(C(C)(C)C)cc1)C2. The summed E-state index contributed by atoms with van der Waals surface area (Å²) in [5.74, 6) is 0.759. The smallest absolute Gasteiger partial charge is 0.260 e. The van der Waals surface area contributed by atoms with Gasteiger partial charge in [0.1, 0.15) is 5.75 Å². The van der Waals surface area contributed by atoms with E-state index in [-0.39, 0.29) is 17.9 Å². The van der Waals surface area contributed by atoms with Crippen molar-refractivity contribution in [1.29, 1.82) is 0 Å². The molecule has 1 aliphatic rings. The van der Waals surface area contributed by atoms with Crippen molar-refractivity contribution in [3.05, 3.63) is 47.3 Å². The molecule has 0 spiro atoms. The Labute approximate surface area is 149 Å². The van der Waals surface area contributed by atoms with Gasteiger partial charge >= 0.3 is 0 Å². The van der Waals surface area contributed by atoms with Gasteiger partial charge in [0.25, 0.3) is 5.91 Å². The highest BCUT2D eigenvalue weighted by Gasteiger charge is 2.21. The summed E-state index contributed by atoms with van der Waals surface area (Å²) in [5.41, 5.74) is 3.74. The molecule has 0 bridgehead atoms. The molecule has 0 fully saturated rings. The first-order chi connectivity index (χ1) is 11.8. The van der Waals surface area contributed by atoms with Crippen molar-refractivity contribution in [2.45, 2.75) is 45.6 Å². The van der Waals surface area contributed by atoms with Gasteiger partial charge in [-0.2, -0.15) is 5.10 Å². The molecule has 1 aromatic carbocycles. The van der Waals surface area contributed by atoms with Crippen LogP contribution in [0.3, 0.4) is 0 Å². The number of aryl methyl sites for hydroxylation is 1. The van der Waals surface area contributed by atoms with Crippen molar-refractivity contribution < 1.29 is 9.53 Å². The second kappa shape index (κ2) is 6.90. The van der Waals surface area contributed by atoms with Crippen LogP contribution in [0.2, 0.25) is 0 Å². The zero-order valence-corrected chi connectivity index (χ0v) is 15.6. The Morgan fingerprint density at radius 3 is 2.64 bits per heavy atom. The van der Waals surface area contributed by atoms with Crippen LogP contribution in [0.25, 0.3) is 0 Å². The van der Waals surface area contributed by atoms with Gasteiger partial charge in [0.15, 0.2) is 6.61 Å². The van der Waals surface area contributed by atoms with E-state index in [1.165, 1.54) is 11.3 Å². The number of nitrogens with zero attached hydrogens (tertiary/aromatic N) is 3. The molecule has 2 aromatic rings. The van der Waals surface area contributed by atoms with Crippen molar-refractivity contribution in [2.24, 2.45) is 7.05 Å². The second-order valence-corrected chi connectivity index (χ2v) is 7.72. The number of carbonyl (C=O) groups is 1. The van der Waals surface area contributed by atoms with Crippen molar-refractivity contribution in [2.75, 3.05) is 13.2 Å². The van der Waals surface area contributed by atoms with E-state index in [1.54, 1.807) is 0 Å². The van der Waals surface area contributed by atoms with Crippen molar-refractivity contribution in [3.63, 3.8) is 0 Å². The third-order valence-electron chi connectivity index (χ3n) is 4.79. The Morgan fingerprint density at radius 2 is 1.96 bits per heavy atom. The fourth-order valence-electron chi connectivity index (χ4n) is 3.19. The summed E-state index contributed by atoms with van der Waals surface area (Å²) in [6.45, 7) is 7.99. The fraction of sp³-hybridized carbons (Fsp3) is 0.500. The molecule has 0 unspecified atom stereocenters. The van der Waals surface area contributed by atoms with E-state index in [0.717, 1.165) is 30.7 Å². The lowest BCUT2D eigenvalue weighted by atomic mass is 9.87. The average molecular weight is 341 g/mol. The summed E-state index contributed by atoms with van der Waals surface area (Å²) in [4.78, 5) is 14.4. The first-order valence-electron chi connectivity index (χ1n) is 8.85. The lowest BCUT2D eigenvalue weighted by molar-refractivity contribution is -0.134. The molecule has 3 rings (SSSR count). The van der Waals surface area contributed by atoms with Crippen LogP contribution in [-0.4, -0.2) is 33.7 Å². The van der Waals surface area contributed by atoms with Crippen molar-refractivity contribution in [3.8, 4) is 5.75 Å². The lowest BCUT2D eigenvalue weighted by Crippen LogP contribution is -2.34. The molecule has 5 heteroatoms. The van der Waals surface area contributed by atoms with Crippen LogP contribution < -0.4 is 4.74 Å². The lowest BCUT2D eigenvalue weighted by Gasteiger charge is -2.21. The van der Waals surface area contributed by atoms with Crippen molar-refractivity contribution >= 4 is 5.91 Å². The minimum Gasteiger partial charge on any atom is -0.484 e. The molecule has 0 radical (unpaired) electrons. The van der Waals surface area contributed by atoms with E-state index >= 15 is 0 Å². The number of rotatable bonds is 3. The Kier molecular flexibility index (Phi) is 4.84. The Morgan fingerprint density at radius 1 is 1.24 bits per heavy atom. The van der Waals surface area contributed by atoms with E-state index in [1.807, 2.05) is 35.0 Å². The van der Waals surface area contributed by atoms with Crippen LogP contribution in [0.1, 0.15) is 44.0 Å². The Hall–Kier alpha value is -2.30. The van der Waals surface area contributed by atoms with Gasteiger partial charge < -0.3 is 9.64 Å². The van der Waals surface area contributed by atoms with Gasteiger partial charge in [-0.25, -0.2) is 0 Å². The molecule has 0 saturated heterocycles. The highest BCUT2D eigenvalue weighted by Crippen LogP contribution is 2.24. The maximum atomic E-state index is 12.5. The molecule has 1 amide bonds. The number of fused-ring (bicyclic) bond motifs is 1. The van der Waals surface area contributed by atoms with Crippen LogP contribution in [0.5, 0.6) is 5.75 Å². The largest absolute Gasteiger partial charge is 0.484 e. The minimum atomic E-state index is 0.0246. The average Bonchev–Trinajstić information content (AvgIpc) is 2.80. The standard InChI is InChI=1S/C20H27N3O2/c1-20(2,3)16-7-9-17(10-8-16)25-14-19(24)23-11-5-6-18-15(13-23)12-21-22(18)4/h7-10,12H,5-6,11,13-14H2,1-4H3. The molecule has 0 N–H and O–H groups in total. The van der Waals surface area contributed by atoms with E-state index in [4.69, 9.17) is 4.74 Å². The maximum absolute atomic E-state index is 12.5. The zero-order chi connectivity index (χ0) is 18.0. The quantitative estimate of drug-likeness (QED) is 0.862. The number of amides is 1. The van der Waals surface area contributed by atoms with E-state index in [9.17, 15) is 4.79 Å². The number of aromatic nitrogens is 2. The summed E-state index contributed by atoms with van der Waals surface area (Å²) < 4.78 is 7.62. The Balaban J connectivity index is 1.59. The van der Waals surface area contributed by atoms with Gasteiger partial charge in [0.05, 0.1) is 6.20 Å². The van der Waals surface area contributed by atoms with Crippen LogP contribution in [-0.2, 0) is 30.2 Å². The topological polar surface area (TPSA) is 47.4 Å². The van der Waals surface area contributed by atoms with E-state index in [2.05, 4.69) is 38.0 Å². The van der Waals surface area contributed by atoms with Crippen LogP contribution in [0.4, 0.5) is 0 Å². The van der Waals surface area contributed by atoms with E-state index in [0.29, 0.717) is 6.54 Å². The summed E-state index contributed by atoms with van der Waals surface area (Å²) in [6, 6.07) is 8.01. The minimum absolute atomic E-state index is 0.0246. The third kappa shape index (κ3) is 4.03. The van der Waals surface area contributed by atoms with Gasteiger partial charge in [0, 0.05) is 31.4 Å². The molecular weight excluding hydrogens is 314 g/mol. The number of ether oxygens (including phenoxy) is 1. The molecule has 0 atom stereocenters. The van der Waals surface area contributed by atoms with Crippen LogP contribution >= 0.6 is 0 Å². The second-order valence-electron chi connectivity index (χ2n) is 7.72. The van der Waals surface area contributed by atoms with E-state index < -0.39 is 0 Å². The molecule has 25 heavy (non-hydrogen) atoms. The number of hydrogen-bond donors (Lipinski definition) is 0. The number of hydrogen-bond acceptors (Lipinski definition) is 3. The fourth-order valence-corrected chi connectivity index (χ4v) is 3.19. The normalized spacial score (nSPS) is 14.8. The summed E-state index contributed by atoms with van der Waals surface area (Å²) in [5, 5.41) is 4.30. The highest BCUT2D eigenvalue weighted by molar-refractivity contribution is 5.77. The molecule has 5 nitrogen and oxygen atoms in total. The first kappa shape index (κ1) is 17.5. The third-order valence-corrected chi connectivity index (χ3v) is 4.79. The van der Waals surface area contributed by atoms with Crippen molar-refractivity contribution in [1.82, 2.24) is 14.7 Å². The molecule has 1 aliphatic heterocycles. The van der Waals surface area contributed by atoms with Gasteiger partial charge in [0.2, 0.25) is 0 Å². The van der Waals surface area contributed by atoms with Gasteiger partial charge in [-0.15, -0.1) is 0 Å². The molecule has 0 aliphatic carbocycles. The Bertz CT molecular complexity index is 741. The van der Waals surface area contributed by atoms with Gasteiger partial charge in [-0.1, -0.05) is 32.9 Å². The van der Waals surface area contributed by atoms with Crippen LogP contribution in [0.15, 0.2) is 30.5 Å². The predicted molar refractivity (Wildman–Crippen MR) is 97.6 cm³/mol. The molecule has 0 saturated carbocycles. The van der Waals surface area contributed by atoms with Gasteiger partial charge in [-0.3, -0.25) is 9.48 Å². The number of benzene rings is 1. The van der Waals surface area contributed by atoms with Gasteiger partial charge in [-0.05, 0) is 36.0 Å². The molecule has 1 aromatic heterocycles. The summed E-state index contributed by atoms with van der Waals surface area (Å²) >= 11 is 0. The molecule has 134 valence electrons.